The Kier molecular flexibility index (Phi) is 4.29. The lowest BCUT2D eigenvalue weighted by Crippen LogP contribution is -2.24. The number of carbonyl (C=O) groups is 1. The van der Waals surface area contributed by atoms with Gasteiger partial charge in [-0.25, -0.2) is 0 Å². The summed E-state index contributed by atoms with van der Waals surface area (Å²) in [6.07, 6.45) is 5.11. The lowest BCUT2D eigenvalue weighted by Gasteiger charge is -2.05. The van der Waals surface area contributed by atoms with Crippen LogP contribution in [-0.2, 0) is 0 Å². The minimum absolute atomic E-state index is 0.00291. The van der Waals surface area contributed by atoms with Crippen LogP contribution in [0.1, 0.15) is 36.5 Å². The van der Waals surface area contributed by atoms with Crippen molar-refractivity contribution < 1.29 is 4.79 Å². The van der Waals surface area contributed by atoms with Crippen LogP contribution in [0.15, 0.2) is 36.5 Å². The zero-order valence-corrected chi connectivity index (χ0v) is 10.6. The molecule has 0 aliphatic heterocycles. The molecule has 2 aromatic rings. The molecule has 0 atom stereocenters. The molecular formula is C15H18N2O. The molecule has 2 rings (SSSR count). The first-order valence-electron chi connectivity index (χ1n) is 6.44. The molecule has 0 unspecified atom stereocenters. The predicted octanol–water partition coefficient (Wildman–Crippen LogP) is 3.15. The molecule has 18 heavy (non-hydrogen) atoms. The van der Waals surface area contributed by atoms with Crippen LogP contribution in [0.3, 0.4) is 0 Å². The second kappa shape index (κ2) is 6.15. The Balaban J connectivity index is 2.04. The topological polar surface area (TPSA) is 42.0 Å². The van der Waals surface area contributed by atoms with Gasteiger partial charge in [0, 0.05) is 23.7 Å². The van der Waals surface area contributed by atoms with E-state index in [0.717, 1.165) is 36.7 Å². The Morgan fingerprint density at radius 3 is 3.00 bits per heavy atom. The summed E-state index contributed by atoms with van der Waals surface area (Å²) < 4.78 is 0. The second-order valence-corrected chi connectivity index (χ2v) is 4.37. The van der Waals surface area contributed by atoms with E-state index in [1.807, 2.05) is 30.3 Å². The summed E-state index contributed by atoms with van der Waals surface area (Å²) >= 11 is 0. The number of carbonyl (C=O) groups excluding carboxylic acids is 1. The van der Waals surface area contributed by atoms with Crippen LogP contribution in [0.4, 0.5) is 0 Å². The van der Waals surface area contributed by atoms with Crippen LogP contribution in [0.25, 0.3) is 10.9 Å². The van der Waals surface area contributed by atoms with Crippen molar-refractivity contribution in [3.63, 3.8) is 0 Å². The van der Waals surface area contributed by atoms with E-state index in [0.29, 0.717) is 5.56 Å². The largest absolute Gasteiger partial charge is 0.352 e. The van der Waals surface area contributed by atoms with Gasteiger partial charge in [0.05, 0.1) is 5.52 Å². The van der Waals surface area contributed by atoms with Gasteiger partial charge in [-0.3, -0.25) is 9.78 Å². The molecule has 1 N–H and O–H groups in total. The van der Waals surface area contributed by atoms with Crippen molar-refractivity contribution in [2.45, 2.75) is 26.2 Å². The number of rotatable bonds is 5. The molecule has 0 spiro atoms. The summed E-state index contributed by atoms with van der Waals surface area (Å²) in [5.41, 5.74) is 1.62. The quantitative estimate of drug-likeness (QED) is 0.818. The van der Waals surface area contributed by atoms with E-state index < -0.39 is 0 Å². The molecule has 0 saturated heterocycles. The fraction of sp³-hybridized carbons (Fsp3) is 0.333. The van der Waals surface area contributed by atoms with Gasteiger partial charge in [0.1, 0.15) is 0 Å². The maximum atomic E-state index is 11.9. The maximum Gasteiger partial charge on any atom is 0.251 e. The Hall–Kier alpha value is -1.90. The number of hydrogen-bond acceptors (Lipinski definition) is 2. The lowest BCUT2D eigenvalue weighted by atomic mass is 10.1. The van der Waals surface area contributed by atoms with E-state index in [2.05, 4.69) is 17.2 Å². The van der Waals surface area contributed by atoms with Gasteiger partial charge in [0.15, 0.2) is 0 Å². The summed E-state index contributed by atoms with van der Waals surface area (Å²) in [6, 6.07) is 9.44. The van der Waals surface area contributed by atoms with Crippen LogP contribution in [0.2, 0.25) is 0 Å². The Labute approximate surface area is 107 Å². The first-order valence-corrected chi connectivity index (χ1v) is 6.44. The molecule has 0 aliphatic carbocycles. The van der Waals surface area contributed by atoms with Gasteiger partial charge in [-0.2, -0.15) is 0 Å². The second-order valence-electron chi connectivity index (χ2n) is 4.37. The van der Waals surface area contributed by atoms with Crippen LogP contribution >= 0.6 is 0 Å². The van der Waals surface area contributed by atoms with Gasteiger partial charge in [-0.15, -0.1) is 0 Å². The molecule has 0 radical (unpaired) electrons. The van der Waals surface area contributed by atoms with Crippen molar-refractivity contribution in [2.24, 2.45) is 0 Å². The summed E-state index contributed by atoms with van der Waals surface area (Å²) in [7, 11) is 0. The number of pyridine rings is 1. The average molecular weight is 242 g/mol. The molecule has 0 fully saturated rings. The minimum atomic E-state index is -0.00291. The summed E-state index contributed by atoms with van der Waals surface area (Å²) in [4.78, 5) is 16.2. The smallest absolute Gasteiger partial charge is 0.251 e. The molecule has 1 aromatic heterocycles. The van der Waals surface area contributed by atoms with Crippen LogP contribution in [0, 0.1) is 0 Å². The molecule has 1 heterocycles. The van der Waals surface area contributed by atoms with E-state index >= 15 is 0 Å². The van der Waals surface area contributed by atoms with Gasteiger partial charge in [0.25, 0.3) is 5.91 Å². The zero-order valence-electron chi connectivity index (χ0n) is 10.6. The van der Waals surface area contributed by atoms with Crippen molar-refractivity contribution >= 4 is 16.8 Å². The molecule has 1 amide bonds. The van der Waals surface area contributed by atoms with Crippen molar-refractivity contribution in [3.05, 3.63) is 42.1 Å². The highest BCUT2D eigenvalue weighted by molar-refractivity contribution is 5.97. The Morgan fingerprint density at radius 1 is 1.28 bits per heavy atom. The normalized spacial score (nSPS) is 10.5. The Morgan fingerprint density at radius 2 is 2.17 bits per heavy atom. The predicted molar refractivity (Wildman–Crippen MR) is 73.6 cm³/mol. The number of nitrogens with zero attached hydrogens (tertiary/aromatic N) is 1. The SMILES string of the molecule is CCCCCNC(=O)c1ccc2ncccc2c1. The van der Waals surface area contributed by atoms with Crippen LogP contribution < -0.4 is 5.32 Å². The third-order valence-corrected chi connectivity index (χ3v) is 2.93. The minimum Gasteiger partial charge on any atom is -0.352 e. The van der Waals surface area contributed by atoms with E-state index in [1.165, 1.54) is 0 Å². The number of fused-ring (bicyclic) bond motifs is 1. The number of unbranched alkanes of at least 4 members (excludes halogenated alkanes) is 2. The summed E-state index contributed by atoms with van der Waals surface area (Å²) in [6.45, 7) is 2.90. The fourth-order valence-electron chi connectivity index (χ4n) is 1.90. The van der Waals surface area contributed by atoms with Crippen molar-refractivity contribution in [2.75, 3.05) is 6.54 Å². The zero-order chi connectivity index (χ0) is 12.8. The summed E-state index contributed by atoms with van der Waals surface area (Å²) in [5.74, 6) is -0.00291. The van der Waals surface area contributed by atoms with Crippen LogP contribution in [0.5, 0.6) is 0 Å². The molecule has 0 bridgehead atoms. The van der Waals surface area contributed by atoms with Crippen LogP contribution in [-0.4, -0.2) is 17.4 Å². The maximum absolute atomic E-state index is 11.9. The molecule has 0 aliphatic rings. The van der Waals surface area contributed by atoms with Gasteiger partial charge >= 0.3 is 0 Å². The van der Waals surface area contributed by atoms with Gasteiger partial charge < -0.3 is 5.32 Å². The highest BCUT2D eigenvalue weighted by Gasteiger charge is 2.05. The number of amides is 1. The standard InChI is InChI=1S/C15H18N2O/c1-2-3-4-9-17-15(18)13-7-8-14-12(11-13)6-5-10-16-14/h5-8,10-11H,2-4,9H2,1H3,(H,17,18). The first kappa shape index (κ1) is 12.6. The van der Waals surface area contributed by atoms with Gasteiger partial charge in [0.2, 0.25) is 0 Å². The molecule has 0 saturated carbocycles. The highest BCUT2D eigenvalue weighted by Crippen LogP contribution is 2.13. The summed E-state index contributed by atoms with van der Waals surface area (Å²) in [5, 5.41) is 3.94. The van der Waals surface area contributed by atoms with E-state index in [4.69, 9.17) is 0 Å². The third kappa shape index (κ3) is 3.06. The lowest BCUT2D eigenvalue weighted by molar-refractivity contribution is 0.0953. The molecule has 3 nitrogen and oxygen atoms in total. The highest BCUT2D eigenvalue weighted by atomic mass is 16.1. The van der Waals surface area contributed by atoms with Gasteiger partial charge in [-0.1, -0.05) is 25.8 Å². The molecule has 3 heteroatoms. The fourth-order valence-corrected chi connectivity index (χ4v) is 1.90. The van der Waals surface area contributed by atoms with Crippen molar-refractivity contribution in [1.82, 2.24) is 10.3 Å². The number of nitrogens with one attached hydrogen (secondary N) is 1. The third-order valence-electron chi connectivity index (χ3n) is 2.93. The van der Waals surface area contributed by atoms with Crippen molar-refractivity contribution in [1.29, 1.82) is 0 Å². The van der Waals surface area contributed by atoms with E-state index in [9.17, 15) is 4.79 Å². The first-order chi connectivity index (χ1) is 8.81. The van der Waals surface area contributed by atoms with Crippen molar-refractivity contribution in [3.8, 4) is 0 Å². The van der Waals surface area contributed by atoms with E-state index in [1.54, 1.807) is 6.20 Å². The molecule has 1 aromatic carbocycles. The Bertz CT molecular complexity index is 537. The average Bonchev–Trinajstić information content (AvgIpc) is 2.43. The molecular weight excluding hydrogens is 224 g/mol. The number of benzene rings is 1. The molecule has 94 valence electrons. The number of hydrogen-bond donors (Lipinski definition) is 1. The number of aromatic nitrogens is 1. The van der Waals surface area contributed by atoms with Gasteiger partial charge in [-0.05, 0) is 30.7 Å². The monoisotopic (exact) mass is 242 g/mol. The van der Waals surface area contributed by atoms with E-state index in [-0.39, 0.29) is 5.91 Å².